The lowest BCUT2D eigenvalue weighted by molar-refractivity contribution is 0.631. The van der Waals surface area contributed by atoms with Gasteiger partial charge in [-0.25, -0.2) is 4.98 Å². The summed E-state index contributed by atoms with van der Waals surface area (Å²) in [6, 6.07) is 3.89. The van der Waals surface area contributed by atoms with Gasteiger partial charge >= 0.3 is 0 Å². The number of halogens is 1. The Hall–Kier alpha value is -1.01. The summed E-state index contributed by atoms with van der Waals surface area (Å²) in [6.07, 6.45) is 6.35. The Morgan fingerprint density at radius 2 is 2.27 bits per heavy atom. The van der Waals surface area contributed by atoms with Crippen LogP contribution >= 0.6 is 15.9 Å². The first-order valence-electron chi connectivity index (χ1n) is 4.90. The molecule has 15 heavy (non-hydrogen) atoms. The third kappa shape index (κ3) is 2.97. The van der Waals surface area contributed by atoms with Crippen LogP contribution in [0.15, 0.2) is 16.6 Å². The molecule has 1 atom stereocenters. The van der Waals surface area contributed by atoms with Crippen molar-refractivity contribution in [1.82, 2.24) is 4.98 Å². The summed E-state index contributed by atoms with van der Waals surface area (Å²) in [7, 11) is 0. The lowest BCUT2D eigenvalue weighted by Gasteiger charge is -2.24. The standard InChI is InChI=1S/C12H15BrN2/c1-5-12(4,6-2)15-11-8-7-10(13)9(3)14-11/h1,7-8H,6H2,2-4H3,(H,14,15). The van der Waals surface area contributed by atoms with Gasteiger partial charge < -0.3 is 5.32 Å². The fourth-order valence-corrected chi connectivity index (χ4v) is 1.34. The Bertz CT molecular complexity index is 395. The van der Waals surface area contributed by atoms with Crippen LogP contribution in [-0.4, -0.2) is 10.5 Å². The number of terminal acetylenes is 1. The second kappa shape index (κ2) is 4.67. The molecule has 0 aliphatic rings. The van der Waals surface area contributed by atoms with Crippen molar-refractivity contribution in [3.05, 3.63) is 22.3 Å². The smallest absolute Gasteiger partial charge is 0.127 e. The van der Waals surface area contributed by atoms with Crippen molar-refractivity contribution < 1.29 is 0 Å². The van der Waals surface area contributed by atoms with Crippen molar-refractivity contribution in [2.45, 2.75) is 32.7 Å². The predicted octanol–water partition coefficient (Wildman–Crippen LogP) is 3.37. The van der Waals surface area contributed by atoms with E-state index in [1.54, 1.807) is 0 Å². The lowest BCUT2D eigenvalue weighted by atomic mass is 10.0. The Labute approximate surface area is 99.6 Å². The molecule has 1 rings (SSSR count). The van der Waals surface area contributed by atoms with E-state index in [1.165, 1.54) is 0 Å². The molecule has 0 aliphatic heterocycles. The average Bonchev–Trinajstić information content (AvgIpc) is 2.23. The topological polar surface area (TPSA) is 24.9 Å². The van der Waals surface area contributed by atoms with Crippen LogP contribution in [0.1, 0.15) is 26.0 Å². The Kier molecular flexibility index (Phi) is 3.76. The van der Waals surface area contributed by atoms with E-state index in [1.807, 2.05) is 26.0 Å². The Morgan fingerprint density at radius 1 is 1.60 bits per heavy atom. The normalized spacial score (nSPS) is 14.1. The van der Waals surface area contributed by atoms with Gasteiger partial charge in [-0.15, -0.1) is 6.42 Å². The van der Waals surface area contributed by atoms with Gasteiger partial charge in [0.1, 0.15) is 5.82 Å². The van der Waals surface area contributed by atoms with Gasteiger partial charge in [0.25, 0.3) is 0 Å². The fraction of sp³-hybridized carbons (Fsp3) is 0.417. The summed E-state index contributed by atoms with van der Waals surface area (Å²) in [5.74, 6) is 3.57. The summed E-state index contributed by atoms with van der Waals surface area (Å²) < 4.78 is 1.01. The summed E-state index contributed by atoms with van der Waals surface area (Å²) in [6.45, 7) is 6.00. The number of pyridine rings is 1. The van der Waals surface area contributed by atoms with Gasteiger partial charge in [-0.1, -0.05) is 12.8 Å². The van der Waals surface area contributed by atoms with Gasteiger partial charge in [0.2, 0.25) is 0 Å². The van der Waals surface area contributed by atoms with Crippen molar-refractivity contribution >= 4 is 21.7 Å². The quantitative estimate of drug-likeness (QED) is 0.849. The zero-order valence-corrected chi connectivity index (χ0v) is 10.9. The molecule has 0 radical (unpaired) electrons. The molecular weight excluding hydrogens is 252 g/mol. The van der Waals surface area contributed by atoms with E-state index in [0.717, 1.165) is 22.4 Å². The molecule has 2 nitrogen and oxygen atoms in total. The number of aryl methyl sites for hydroxylation is 1. The first-order valence-corrected chi connectivity index (χ1v) is 5.69. The maximum absolute atomic E-state index is 5.48. The van der Waals surface area contributed by atoms with E-state index >= 15 is 0 Å². The minimum absolute atomic E-state index is 0.326. The van der Waals surface area contributed by atoms with Crippen LogP contribution in [0.4, 0.5) is 5.82 Å². The van der Waals surface area contributed by atoms with Crippen molar-refractivity contribution in [1.29, 1.82) is 0 Å². The van der Waals surface area contributed by atoms with Gasteiger partial charge in [0, 0.05) is 4.47 Å². The summed E-state index contributed by atoms with van der Waals surface area (Å²) in [4.78, 5) is 4.40. The SMILES string of the molecule is C#CC(C)(CC)Nc1ccc(Br)c(C)n1. The molecule has 1 unspecified atom stereocenters. The molecule has 0 aromatic carbocycles. The summed E-state index contributed by atoms with van der Waals surface area (Å²) in [5.41, 5.74) is 0.628. The van der Waals surface area contributed by atoms with Crippen LogP contribution in [-0.2, 0) is 0 Å². The molecule has 3 heteroatoms. The molecular formula is C12H15BrN2. The van der Waals surface area contributed by atoms with E-state index in [0.29, 0.717) is 0 Å². The van der Waals surface area contributed by atoms with E-state index in [4.69, 9.17) is 6.42 Å². The Morgan fingerprint density at radius 3 is 2.73 bits per heavy atom. The minimum Gasteiger partial charge on any atom is -0.354 e. The molecule has 1 heterocycles. The maximum atomic E-state index is 5.48. The van der Waals surface area contributed by atoms with Crippen LogP contribution < -0.4 is 5.32 Å². The molecule has 1 aromatic rings. The number of anilines is 1. The lowest BCUT2D eigenvalue weighted by Crippen LogP contribution is -2.32. The van der Waals surface area contributed by atoms with Crippen molar-refractivity contribution in [3.8, 4) is 12.3 Å². The summed E-state index contributed by atoms with van der Waals surface area (Å²) >= 11 is 3.41. The molecule has 0 bridgehead atoms. The largest absolute Gasteiger partial charge is 0.354 e. The third-order valence-corrected chi connectivity index (χ3v) is 3.29. The highest BCUT2D eigenvalue weighted by atomic mass is 79.9. The highest BCUT2D eigenvalue weighted by Gasteiger charge is 2.18. The second-order valence-corrected chi connectivity index (χ2v) is 4.57. The van der Waals surface area contributed by atoms with Gasteiger partial charge in [0.15, 0.2) is 0 Å². The van der Waals surface area contributed by atoms with Crippen molar-refractivity contribution in [2.24, 2.45) is 0 Å². The van der Waals surface area contributed by atoms with Gasteiger partial charge in [-0.2, -0.15) is 0 Å². The number of hydrogen-bond acceptors (Lipinski definition) is 2. The van der Waals surface area contributed by atoms with E-state index in [2.05, 4.69) is 39.1 Å². The highest BCUT2D eigenvalue weighted by Crippen LogP contribution is 2.20. The number of hydrogen-bond donors (Lipinski definition) is 1. The molecule has 0 fully saturated rings. The number of aromatic nitrogens is 1. The molecule has 0 saturated carbocycles. The van der Waals surface area contributed by atoms with Gasteiger partial charge in [-0.3, -0.25) is 0 Å². The molecule has 0 amide bonds. The first kappa shape index (κ1) is 12.1. The molecule has 1 aromatic heterocycles. The van der Waals surface area contributed by atoms with E-state index < -0.39 is 0 Å². The number of rotatable bonds is 3. The molecule has 0 saturated heterocycles. The Balaban J connectivity index is 2.91. The van der Waals surface area contributed by atoms with Crippen LogP contribution in [0, 0.1) is 19.3 Å². The second-order valence-electron chi connectivity index (χ2n) is 3.72. The number of nitrogens with zero attached hydrogens (tertiary/aromatic N) is 1. The number of nitrogens with one attached hydrogen (secondary N) is 1. The zero-order valence-electron chi connectivity index (χ0n) is 9.26. The van der Waals surface area contributed by atoms with Gasteiger partial charge in [0.05, 0.1) is 11.2 Å². The summed E-state index contributed by atoms with van der Waals surface area (Å²) in [5, 5.41) is 3.25. The van der Waals surface area contributed by atoms with E-state index in [-0.39, 0.29) is 5.54 Å². The molecule has 0 spiro atoms. The van der Waals surface area contributed by atoms with Crippen LogP contribution in [0.25, 0.3) is 0 Å². The van der Waals surface area contributed by atoms with E-state index in [9.17, 15) is 0 Å². The van der Waals surface area contributed by atoms with Crippen molar-refractivity contribution in [3.63, 3.8) is 0 Å². The molecule has 1 N–H and O–H groups in total. The van der Waals surface area contributed by atoms with Crippen LogP contribution in [0.3, 0.4) is 0 Å². The van der Waals surface area contributed by atoms with Gasteiger partial charge in [-0.05, 0) is 48.3 Å². The van der Waals surface area contributed by atoms with Crippen LogP contribution in [0.5, 0.6) is 0 Å². The third-order valence-electron chi connectivity index (χ3n) is 2.45. The first-order chi connectivity index (χ1) is 7.00. The maximum Gasteiger partial charge on any atom is 0.127 e. The fourth-order valence-electron chi connectivity index (χ4n) is 1.12. The predicted molar refractivity (Wildman–Crippen MR) is 67.8 cm³/mol. The zero-order chi connectivity index (χ0) is 11.5. The van der Waals surface area contributed by atoms with Crippen LogP contribution in [0.2, 0.25) is 0 Å². The average molecular weight is 267 g/mol. The monoisotopic (exact) mass is 266 g/mol. The minimum atomic E-state index is -0.326. The van der Waals surface area contributed by atoms with Crippen molar-refractivity contribution in [2.75, 3.05) is 5.32 Å². The molecule has 0 aliphatic carbocycles. The highest BCUT2D eigenvalue weighted by molar-refractivity contribution is 9.10. The molecule has 80 valence electrons.